The number of carbonyl (C=O) groups excluding carboxylic acids is 1. The lowest BCUT2D eigenvalue weighted by Crippen LogP contribution is -1.90. The topological polar surface area (TPSA) is 29.4 Å². The van der Waals surface area contributed by atoms with Gasteiger partial charge >= 0.3 is 0 Å². The number of nitrogens with zero attached hydrogens (tertiary/aromatic N) is 1. The van der Waals surface area contributed by atoms with Crippen LogP contribution >= 0.6 is 11.8 Å². The van der Waals surface area contributed by atoms with Crippen molar-refractivity contribution in [1.29, 1.82) is 0 Å². The van der Waals surface area contributed by atoms with Gasteiger partial charge in [-0.25, -0.2) is 4.99 Å². The SMILES string of the molecule is Cc1ccc(C2=NC(=O)C(=Cc3c4ccccc4cc4ccccc34)S2)cc1. The maximum atomic E-state index is 12.6. The van der Waals surface area contributed by atoms with Crippen LogP contribution in [0, 0.1) is 6.92 Å². The van der Waals surface area contributed by atoms with Crippen LogP contribution in [-0.4, -0.2) is 11.0 Å². The minimum absolute atomic E-state index is 0.169. The third-order valence-electron chi connectivity index (χ3n) is 5.01. The molecule has 0 atom stereocenters. The van der Waals surface area contributed by atoms with Gasteiger partial charge in [0.1, 0.15) is 5.04 Å². The number of rotatable bonds is 2. The van der Waals surface area contributed by atoms with Crippen LogP contribution in [0.2, 0.25) is 0 Å². The Bertz CT molecular complexity index is 1250. The van der Waals surface area contributed by atoms with Crippen LogP contribution in [0.25, 0.3) is 27.6 Å². The lowest BCUT2D eigenvalue weighted by molar-refractivity contribution is -0.113. The minimum atomic E-state index is -0.169. The molecule has 0 saturated heterocycles. The summed E-state index contributed by atoms with van der Waals surface area (Å²) in [5.74, 6) is -0.169. The molecule has 0 unspecified atom stereocenters. The highest BCUT2D eigenvalue weighted by molar-refractivity contribution is 8.19. The number of benzene rings is 4. The van der Waals surface area contributed by atoms with E-state index in [-0.39, 0.29) is 5.91 Å². The molecule has 2 nitrogen and oxygen atoms in total. The molecule has 4 aromatic carbocycles. The Morgan fingerprint density at radius 2 is 1.43 bits per heavy atom. The lowest BCUT2D eigenvalue weighted by Gasteiger charge is -2.09. The van der Waals surface area contributed by atoms with Crippen LogP contribution in [0.15, 0.2) is 88.8 Å². The molecule has 134 valence electrons. The zero-order chi connectivity index (χ0) is 19.1. The van der Waals surface area contributed by atoms with Crippen LogP contribution in [0.3, 0.4) is 0 Å². The average Bonchev–Trinajstić information content (AvgIpc) is 3.08. The number of fused-ring (bicyclic) bond motifs is 2. The van der Waals surface area contributed by atoms with E-state index in [1.807, 2.05) is 54.6 Å². The Hall–Kier alpha value is -3.17. The molecule has 1 amide bonds. The normalized spacial score (nSPS) is 15.5. The molecule has 1 heterocycles. The van der Waals surface area contributed by atoms with Gasteiger partial charge in [-0.05, 0) is 46.2 Å². The Morgan fingerprint density at radius 1 is 0.821 bits per heavy atom. The van der Waals surface area contributed by atoms with Crippen molar-refractivity contribution < 1.29 is 4.79 Å². The largest absolute Gasteiger partial charge is 0.284 e. The summed E-state index contributed by atoms with van der Waals surface area (Å²) >= 11 is 1.45. The number of aliphatic imine (C=N–C) groups is 1. The van der Waals surface area contributed by atoms with Gasteiger partial charge in [0, 0.05) is 5.56 Å². The van der Waals surface area contributed by atoms with Gasteiger partial charge in [-0.3, -0.25) is 4.79 Å². The van der Waals surface area contributed by atoms with Crippen LogP contribution in [0.5, 0.6) is 0 Å². The fourth-order valence-corrected chi connectivity index (χ4v) is 4.46. The molecule has 1 aliphatic rings. The van der Waals surface area contributed by atoms with E-state index in [2.05, 4.69) is 42.2 Å². The standard InChI is InChI=1S/C25H17NOS/c1-16-10-12-17(13-11-16)25-26-24(27)23(28-25)15-22-20-8-4-2-6-18(20)14-19-7-3-5-9-21(19)22/h2-15H,1H3. The van der Waals surface area contributed by atoms with Gasteiger partial charge in [0.25, 0.3) is 5.91 Å². The van der Waals surface area contributed by atoms with E-state index in [0.717, 1.165) is 26.9 Å². The molecule has 28 heavy (non-hydrogen) atoms. The van der Waals surface area contributed by atoms with Crippen molar-refractivity contribution in [3.8, 4) is 0 Å². The van der Waals surface area contributed by atoms with E-state index in [4.69, 9.17) is 0 Å². The molecule has 0 radical (unpaired) electrons. The molecule has 0 spiro atoms. The first kappa shape index (κ1) is 17.0. The second-order valence-corrected chi connectivity index (χ2v) is 7.96. The van der Waals surface area contributed by atoms with Gasteiger partial charge in [-0.15, -0.1) is 0 Å². The molecule has 0 aromatic heterocycles. The highest BCUT2D eigenvalue weighted by atomic mass is 32.2. The Labute approximate surface area is 167 Å². The van der Waals surface area contributed by atoms with Crippen molar-refractivity contribution in [2.45, 2.75) is 6.92 Å². The fourth-order valence-electron chi connectivity index (χ4n) is 3.56. The smallest absolute Gasteiger partial charge is 0.266 e. The molecule has 0 aliphatic carbocycles. The number of thioether (sulfide) groups is 1. The highest BCUT2D eigenvalue weighted by Gasteiger charge is 2.23. The lowest BCUT2D eigenvalue weighted by atomic mass is 9.96. The van der Waals surface area contributed by atoms with Crippen LogP contribution in [0.1, 0.15) is 16.7 Å². The predicted octanol–water partition coefficient (Wildman–Crippen LogP) is 6.36. The highest BCUT2D eigenvalue weighted by Crippen LogP contribution is 2.36. The van der Waals surface area contributed by atoms with E-state index < -0.39 is 0 Å². The summed E-state index contributed by atoms with van der Waals surface area (Å²) in [7, 11) is 0. The molecule has 0 saturated carbocycles. The summed E-state index contributed by atoms with van der Waals surface area (Å²) < 4.78 is 0. The van der Waals surface area contributed by atoms with E-state index in [9.17, 15) is 4.79 Å². The van der Waals surface area contributed by atoms with Gasteiger partial charge < -0.3 is 0 Å². The molecule has 1 aliphatic heterocycles. The minimum Gasteiger partial charge on any atom is -0.266 e. The second-order valence-electron chi connectivity index (χ2n) is 6.93. The first-order valence-corrected chi connectivity index (χ1v) is 10.0. The van der Waals surface area contributed by atoms with Gasteiger partial charge in [-0.2, -0.15) is 0 Å². The van der Waals surface area contributed by atoms with Crippen molar-refractivity contribution >= 4 is 50.3 Å². The van der Waals surface area contributed by atoms with E-state index in [1.54, 1.807) is 0 Å². The van der Waals surface area contributed by atoms with Crippen molar-refractivity contribution in [3.63, 3.8) is 0 Å². The van der Waals surface area contributed by atoms with Crippen molar-refractivity contribution in [3.05, 3.63) is 100 Å². The summed E-state index contributed by atoms with van der Waals surface area (Å²) in [5.41, 5.74) is 3.25. The number of hydrogen-bond acceptors (Lipinski definition) is 2. The molecule has 4 aromatic rings. The van der Waals surface area contributed by atoms with Crippen LogP contribution in [0.4, 0.5) is 0 Å². The van der Waals surface area contributed by atoms with Crippen LogP contribution < -0.4 is 0 Å². The average molecular weight is 379 g/mol. The maximum Gasteiger partial charge on any atom is 0.284 e. The fraction of sp³-hybridized carbons (Fsp3) is 0.0400. The predicted molar refractivity (Wildman–Crippen MR) is 120 cm³/mol. The number of amides is 1. The molecular weight excluding hydrogens is 362 g/mol. The third-order valence-corrected chi connectivity index (χ3v) is 6.04. The number of hydrogen-bond donors (Lipinski definition) is 0. The van der Waals surface area contributed by atoms with Gasteiger partial charge in [-0.1, -0.05) is 90.1 Å². The van der Waals surface area contributed by atoms with Gasteiger partial charge in [0.05, 0.1) is 4.91 Å². The van der Waals surface area contributed by atoms with Gasteiger partial charge in [0.2, 0.25) is 0 Å². The molecular formula is C25H17NOS. The number of aryl methyl sites for hydroxylation is 1. The summed E-state index contributed by atoms with van der Waals surface area (Å²) in [6, 6.07) is 26.9. The first-order chi connectivity index (χ1) is 13.7. The Balaban J connectivity index is 1.64. The summed E-state index contributed by atoms with van der Waals surface area (Å²) in [5, 5.41) is 5.39. The molecule has 0 fully saturated rings. The molecule has 0 bridgehead atoms. The van der Waals surface area contributed by atoms with E-state index in [0.29, 0.717) is 4.91 Å². The first-order valence-electron chi connectivity index (χ1n) is 9.19. The monoisotopic (exact) mass is 379 g/mol. The third kappa shape index (κ3) is 2.94. The second kappa shape index (κ2) is 6.77. The Morgan fingerprint density at radius 3 is 2.07 bits per heavy atom. The molecule has 0 N–H and O–H groups in total. The van der Waals surface area contributed by atoms with Gasteiger partial charge in [0.15, 0.2) is 0 Å². The summed E-state index contributed by atoms with van der Waals surface area (Å²) in [6.45, 7) is 2.05. The van der Waals surface area contributed by atoms with Crippen molar-refractivity contribution in [2.75, 3.05) is 0 Å². The van der Waals surface area contributed by atoms with Crippen molar-refractivity contribution in [1.82, 2.24) is 0 Å². The summed E-state index contributed by atoms with van der Waals surface area (Å²) in [6.07, 6.45) is 2.00. The molecule has 5 rings (SSSR count). The Kier molecular flexibility index (Phi) is 4.10. The summed E-state index contributed by atoms with van der Waals surface area (Å²) in [4.78, 5) is 17.6. The molecule has 3 heteroatoms. The quantitative estimate of drug-likeness (QED) is 0.299. The van der Waals surface area contributed by atoms with E-state index >= 15 is 0 Å². The van der Waals surface area contributed by atoms with Crippen LogP contribution in [-0.2, 0) is 4.79 Å². The zero-order valence-corrected chi connectivity index (χ0v) is 16.2. The van der Waals surface area contributed by atoms with Crippen molar-refractivity contribution in [2.24, 2.45) is 4.99 Å². The zero-order valence-electron chi connectivity index (χ0n) is 15.3. The number of carbonyl (C=O) groups is 1. The maximum absolute atomic E-state index is 12.6. The van der Waals surface area contributed by atoms with E-state index in [1.165, 1.54) is 28.1 Å².